The molecule has 4 heterocycles. The van der Waals surface area contributed by atoms with Gasteiger partial charge in [-0.25, -0.2) is 38.9 Å². The second-order valence-corrected chi connectivity index (χ2v) is 19.6. The number of carbonyl (C=O) groups is 2. The lowest BCUT2D eigenvalue weighted by Gasteiger charge is -2.13. The lowest BCUT2D eigenvalue weighted by Crippen LogP contribution is -2.21. The van der Waals surface area contributed by atoms with Crippen LogP contribution in [0.25, 0.3) is 33.2 Å². The molecule has 4 aromatic heterocycles. The van der Waals surface area contributed by atoms with Crippen molar-refractivity contribution in [3.05, 3.63) is 199 Å². The van der Waals surface area contributed by atoms with Crippen molar-refractivity contribution in [1.29, 1.82) is 0 Å². The van der Waals surface area contributed by atoms with Gasteiger partial charge in [0.05, 0.1) is 61.6 Å². The summed E-state index contributed by atoms with van der Waals surface area (Å²) in [5.74, 6) is -1.96. The standard InChI is InChI=1S/C29H26F2N6O4.C19H17F2N3O2.C16H15N3O3.CH4/c1-17-8-10-19(11-9-17)37-26(15-25(36-37)29(2,30)31)35-28(38)34-18-6-5-7-20(12-18)41-27-21-13-23(39-3)24(40-4)14-22(21)32-16-33-27;1-13-8-10-14(11-9-13)24-17(12-16(23-24)19(2,20)21)22-18(25)26-15-6-4-3-5-7-15;1-20-14-7-12-13(8-15(14)21-2)18-9-19-16(12)22-11-5-3-4-10(17)6-11;/h5-16H,1-4H3,(H2,34,35,38);3-12H,1-2H3,(H,22,25);3-9H,17H2,1-2H3;1H4. The predicted octanol–water partition coefficient (Wildman–Crippen LogP) is 15.3. The van der Waals surface area contributed by atoms with Crippen LogP contribution in [0.5, 0.6) is 52.0 Å². The van der Waals surface area contributed by atoms with E-state index < -0.39 is 35.4 Å². The number of alkyl halides is 4. The minimum Gasteiger partial charge on any atom is -0.493 e. The first-order chi connectivity index (χ1) is 42.7. The number of anilines is 4. The summed E-state index contributed by atoms with van der Waals surface area (Å²) in [5.41, 5.74) is 10.2. The topological polar surface area (TPSA) is 248 Å². The number of nitrogens with two attached hydrogens (primary N) is 1. The number of fused-ring (bicyclic) bond motifs is 2. The minimum atomic E-state index is -3.20. The first kappa shape index (κ1) is 64.5. The van der Waals surface area contributed by atoms with E-state index in [-0.39, 0.29) is 24.9 Å². The van der Waals surface area contributed by atoms with Crippen LogP contribution in [0.4, 0.5) is 50.2 Å². The molecule has 0 aliphatic carbocycles. The van der Waals surface area contributed by atoms with Gasteiger partial charge in [0, 0.05) is 61.6 Å². The molecule has 5 N–H and O–H groups in total. The Morgan fingerprint density at radius 1 is 0.489 bits per heavy atom. The molecule has 11 aromatic rings. The number of nitrogens with zero attached hydrogens (tertiary/aromatic N) is 8. The van der Waals surface area contributed by atoms with Crippen LogP contribution < -0.4 is 54.8 Å². The van der Waals surface area contributed by atoms with Gasteiger partial charge in [-0.05, 0) is 86.6 Å². The molecule has 0 spiro atoms. The highest BCUT2D eigenvalue weighted by atomic mass is 19.3. The molecule has 21 nitrogen and oxygen atoms in total. The first-order valence-electron chi connectivity index (χ1n) is 27.0. The Morgan fingerprint density at radius 3 is 1.38 bits per heavy atom. The van der Waals surface area contributed by atoms with Gasteiger partial charge in [0.15, 0.2) is 23.0 Å². The Kier molecular flexibility index (Phi) is 20.3. The molecule has 90 heavy (non-hydrogen) atoms. The number of nitrogen functional groups attached to an aromatic ring is 1. The van der Waals surface area contributed by atoms with E-state index in [1.54, 1.807) is 129 Å². The number of nitrogens with one attached hydrogen (secondary N) is 3. The summed E-state index contributed by atoms with van der Waals surface area (Å²) in [7, 11) is 6.21. The van der Waals surface area contributed by atoms with Crippen molar-refractivity contribution in [2.75, 3.05) is 50.1 Å². The Labute approximate surface area is 514 Å². The van der Waals surface area contributed by atoms with E-state index in [9.17, 15) is 27.2 Å². The fraction of sp³-hybridized carbons (Fsp3) is 0.169. The molecule has 11 rings (SSSR count). The summed E-state index contributed by atoms with van der Waals surface area (Å²) >= 11 is 0. The smallest absolute Gasteiger partial charge is 0.418 e. The summed E-state index contributed by atoms with van der Waals surface area (Å²) in [6, 6.07) is 45.0. The Hall–Kier alpha value is -11.5. The van der Waals surface area contributed by atoms with Gasteiger partial charge in [-0.1, -0.05) is 73.2 Å². The second-order valence-electron chi connectivity index (χ2n) is 19.6. The number of amides is 3. The highest BCUT2D eigenvalue weighted by Gasteiger charge is 2.31. The molecule has 3 amide bonds. The number of ether oxygens (including phenoxy) is 7. The molecule has 0 aliphatic rings. The molecule has 464 valence electrons. The zero-order valence-corrected chi connectivity index (χ0v) is 49.1. The molecule has 0 saturated heterocycles. The van der Waals surface area contributed by atoms with Crippen molar-refractivity contribution in [2.24, 2.45) is 0 Å². The molecular formula is C65H62F4N12O9. The number of carbonyl (C=O) groups excluding carboxylic acids is 2. The van der Waals surface area contributed by atoms with Crippen molar-refractivity contribution in [3.8, 4) is 63.4 Å². The lowest BCUT2D eigenvalue weighted by molar-refractivity contribution is 0.0118. The molecule has 7 aromatic carbocycles. The maximum absolute atomic E-state index is 14.1. The number of methoxy groups -OCH3 is 4. The Balaban J connectivity index is 0.000000184. The Morgan fingerprint density at radius 2 is 0.922 bits per heavy atom. The maximum atomic E-state index is 14.1. The van der Waals surface area contributed by atoms with Gasteiger partial charge >= 0.3 is 12.1 Å². The van der Waals surface area contributed by atoms with Crippen LogP contribution in [0.1, 0.15) is 43.8 Å². The third-order valence-corrected chi connectivity index (χ3v) is 12.9. The van der Waals surface area contributed by atoms with Gasteiger partial charge in [0.25, 0.3) is 11.8 Å². The van der Waals surface area contributed by atoms with E-state index >= 15 is 0 Å². The molecule has 0 aliphatic heterocycles. The SMILES string of the molecule is C.COc1cc2ncnc(Oc3cccc(N)c3)c2cc1OC.COc1cc2ncnc(Oc3cccc(NC(=O)Nc4cc(C(C)(F)F)nn4-c4ccc(C)cc4)c3)c2cc1OC.Cc1ccc(-n2nc(C(C)(F)F)cc2NC(=O)Oc2ccccc2)cc1. The average molecular weight is 1230 g/mol. The van der Waals surface area contributed by atoms with Crippen molar-refractivity contribution >= 4 is 56.9 Å². The third-order valence-electron chi connectivity index (χ3n) is 12.9. The summed E-state index contributed by atoms with van der Waals surface area (Å²) in [6.07, 6.45) is 2.01. The van der Waals surface area contributed by atoms with Crippen molar-refractivity contribution in [2.45, 2.75) is 47.0 Å². The molecule has 0 radical (unpaired) electrons. The number of para-hydroxylation sites is 1. The van der Waals surface area contributed by atoms with Crippen molar-refractivity contribution in [3.63, 3.8) is 0 Å². The fourth-order valence-electron chi connectivity index (χ4n) is 8.46. The number of benzene rings is 7. The molecule has 0 fully saturated rings. The third kappa shape index (κ3) is 16.1. The van der Waals surface area contributed by atoms with E-state index in [2.05, 4.69) is 46.1 Å². The average Bonchev–Trinajstić information content (AvgIpc) is 3.21. The Bertz CT molecular complexity index is 4280. The molecule has 25 heteroatoms. The van der Waals surface area contributed by atoms with Crippen LogP contribution >= 0.6 is 0 Å². The molecule has 0 atom stereocenters. The van der Waals surface area contributed by atoms with Gasteiger partial charge < -0.3 is 44.2 Å². The van der Waals surface area contributed by atoms with Gasteiger partial charge in [-0.15, -0.1) is 0 Å². The summed E-state index contributed by atoms with van der Waals surface area (Å²) < 4.78 is 96.3. The number of rotatable bonds is 16. The lowest BCUT2D eigenvalue weighted by atomic mass is 10.2. The summed E-state index contributed by atoms with van der Waals surface area (Å²) in [4.78, 5) is 42.0. The zero-order chi connectivity index (χ0) is 63.4. The van der Waals surface area contributed by atoms with Crippen molar-refractivity contribution < 1.29 is 60.3 Å². The predicted molar refractivity (Wildman–Crippen MR) is 334 cm³/mol. The van der Waals surface area contributed by atoms with Crippen LogP contribution in [-0.2, 0) is 11.8 Å². The van der Waals surface area contributed by atoms with Crippen LogP contribution in [0.2, 0.25) is 0 Å². The normalized spacial score (nSPS) is 10.9. The number of aryl methyl sites for hydroxylation is 2. The van der Waals surface area contributed by atoms with E-state index in [0.29, 0.717) is 85.3 Å². The zero-order valence-electron chi connectivity index (χ0n) is 49.1. The largest absolute Gasteiger partial charge is 0.493 e. The number of hydrogen-bond acceptors (Lipinski definition) is 16. The highest BCUT2D eigenvalue weighted by Crippen LogP contribution is 2.39. The van der Waals surface area contributed by atoms with E-state index in [0.717, 1.165) is 42.5 Å². The van der Waals surface area contributed by atoms with Crippen molar-refractivity contribution in [1.82, 2.24) is 39.5 Å². The highest BCUT2D eigenvalue weighted by molar-refractivity contribution is 5.99. The number of hydrogen-bond donors (Lipinski definition) is 4. The molecule has 0 saturated carbocycles. The molecule has 0 unspecified atom stereocenters. The van der Waals surface area contributed by atoms with Crippen LogP contribution in [-0.4, -0.2) is 80.1 Å². The van der Waals surface area contributed by atoms with Crippen LogP contribution in [0.15, 0.2) is 176 Å². The quantitative estimate of drug-likeness (QED) is 0.0519. The van der Waals surface area contributed by atoms with Gasteiger partial charge in [0.1, 0.15) is 52.9 Å². The number of urea groups is 1. The fourth-order valence-corrected chi connectivity index (χ4v) is 8.46. The van der Waals surface area contributed by atoms with Gasteiger partial charge in [-0.2, -0.15) is 27.8 Å². The number of aromatic nitrogens is 8. The van der Waals surface area contributed by atoms with E-state index in [4.69, 9.17) is 38.9 Å². The van der Waals surface area contributed by atoms with Gasteiger partial charge in [-0.3, -0.25) is 10.6 Å². The van der Waals surface area contributed by atoms with Crippen LogP contribution in [0.3, 0.4) is 0 Å². The monoisotopic (exact) mass is 1230 g/mol. The van der Waals surface area contributed by atoms with E-state index in [1.165, 1.54) is 36.2 Å². The first-order valence-corrected chi connectivity index (χ1v) is 27.0. The minimum absolute atomic E-state index is 0. The molecule has 0 bridgehead atoms. The molecular weight excluding hydrogens is 1170 g/mol. The van der Waals surface area contributed by atoms with Gasteiger partial charge in [0.2, 0.25) is 11.8 Å². The maximum Gasteiger partial charge on any atom is 0.418 e. The summed E-state index contributed by atoms with van der Waals surface area (Å²) in [5, 5.41) is 17.1. The second kappa shape index (κ2) is 28.3. The van der Waals surface area contributed by atoms with Crippen LogP contribution in [0, 0.1) is 13.8 Å². The number of halogens is 4. The summed E-state index contributed by atoms with van der Waals surface area (Å²) in [6.45, 7) is 5.32. The van der Waals surface area contributed by atoms with E-state index in [1.807, 2.05) is 50.2 Å².